The van der Waals surface area contributed by atoms with Gasteiger partial charge in [-0.25, -0.2) is 9.78 Å². The highest BCUT2D eigenvalue weighted by molar-refractivity contribution is 5.98. The van der Waals surface area contributed by atoms with Crippen molar-refractivity contribution >= 4 is 29.8 Å². The number of cyclic esters (lactones) is 2. The zero-order valence-corrected chi connectivity index (χ0v) is 22.4. The summed E-state index contributed by atoms with van der Waals surface area (Å²) in [6.07, 6.45) is 0.133. The maximum absolute atomic E-state index is 13.1. The molecule has 11 nitrogen and oxygen atoms in total. The van der Waals surface area contributed by atoms with Crippen LogP contribution < -0.4 is 10.1 Å². The van der Waals surface area contributed by atoms with Crippen molar-refractivity contribution in [1.29, 1.82) is 0 Å². The molecule has 1 aliphatic heterocycles. The van der Waals surface area contributed by atoms with Gasteiger partial charge in [0.2, 0.25) is 0 Å². The molecule has 1 fully saturated rings. The number of ether oxygens (including phenoxy) is 4. The largest absolute Gasteiger partial charge is 0.463 e. The van der Waals surface area contributed by atoms with Gasteiger partial charge in [-0.3, -0.25) is 19.2 Å². The predicted octanol–water partition coefficient (Wildman–Crippen LogP) is 2.52. The highest BCUT2D eigenvalue weighted by atomic mass is 16.6. The van der Waals surface area contributed by atoms with Crippen LogP contribution in [-0.4, -0.2) is 59.6 Å². The summed E-state index contributed by atoms with van der Waals surface area (Å²) in [7, 11) is 0. The second-order valence-corrected chi connectivity index (χ2v) is 9.41. The van der Waals surface area contributed by atoms with E-state index in [1.807, 2.05) is 6.92 Å². The normalized spacial score (nSPS) is 23.0. The summed E-state index contributed by atoms with van der Waals surface area (Å²) in [6.45, 7) is 11.2. The van der Waals surface area contributed by atoms with Gasteiger partial charge in [0, 0.05) is 6.20 Å². The number of amides is 1. The molecule has 204 valence electrons. The Morgan fingerprint density at radius 3 is 2.41 bits per heavy atom. The quantitative estimate of drug-likeness (QED) is 0.400. The third-order valence-corrected chi connectivity index (χ3v) is 6.14. The van der Waals surface area contributed by atoms with E-state index in [1.165, 1.54) is 13.1 Å². The van der Waals surface area contributed by atoms with Crippen molar-refractivity contribution in [2.75, 3.05) is 6.61 Å². The highest BCUT2D eigenvalue weighted by Crippen LogP contribution is 2.25. The van der Waals surface area contributed by atoms with E-state index in [9.17, 15) is 24.0 Å². The molecule has 0 spiro atoms. The van der Waals surface area contributed by atoms with Crippen LogP contribution in [0.25, 0.3) is 0 Å². The number of esters is 4. The molecule has 2 heterocycles. The van der Waals surface area contributed by atoms with Gasteiger partial charge >= 0.3 is 23.9 Å². The number of carbonyl (C=O) groups excluding carboxylic acids is 5. The monoisotopic (exact) mass is 520 g/mol. The Hall–Kier alpha value is -3.50. The van der Waals surface area contributed by atoms with Crippen LogP contribution >= 0.6 is 0 Å². The van der Waals surface area contributed by atoms with Crippen LogP contribution in [0.4, 0.5) is 0 Å². The number of hydrogen-bond acceptors (Lipinski definition) is 10. The lowest BCUT2D eigenvalue weighted by atomic mass is 9.95. The third-order valence-electron chi connectivity index (χ3n) is 6.14. The molecular formula is C26H36N2O9. The molecule has 0 radical (unpaired) electrons. The second-order valence-electron chi connectivity index (χ2n) is 9.41. The van der Waals surface area contributed by atoms with Gasteiger partial charge in [0.25, 0.3) is 5.91 Å². The summed E-state index contributed by atoms with van der Waals surface area (Å²) < 4.78 is 21.8. The smallest absolute Gasteiger partial charge is 0.332 e. The molecule has 2 rings (SSSR count). The minimum atomic E-state index is -1.38. The van der Waals surface area contributed by atoms with Crippen LogP contribution in [0, 0.1) is 24.7 Å². The molecule has 1 N–H and O–H groups in total. The van der Waals surface area contributed by atoms with E-state index in [2.05, 4.69) is 10.3 Å². The van der Waals surface area contributed by atoms with Crippen LogP contribution in [0.2, 0.25) is 0 Å². The Morgan fingerprint density at radius 2 is 1.81 bits per heavy atom. The molecule has 37 heavy (non-hydrogen) atoms. The average molecular weight is 521 g/mol. The van der Waals surface area contributed by atoms with Crippen molar-refractivity contribution in [1.82, 2.24) is 10.3 Å². The average Bonchev–Trinajstić information content (AvgIpc) is 2.89. The summed E-state index contributed by atoms with van der Waals surface area (Å²) >= 11 is 0. The number of nitrogens with zero attached hydrogens (tertiary/aromatic N) is 1. The Morgan fingerprint density at radius 1 is 1.14 bits per heavy atom. The van der Waals surface area contributed by atoms with Crippen LogP contribution in [0.1, 0.15) is 70.4 Å². The summed E-state index contributed by atoms with van der Waals surface area (Å²) in [5, 5.41) is 2.46. The fourth-order valence-electron chi connectivity index (χ4n) is 3.51. The van der Waals surface area contributed by atoms with E-state index >= 15 is 0 Å². The summed E-state index contributed by atoms with van der Waals surface area (Å²) in [5.41, 5.74) is 0.286. The molecule has 0 saturated carbocycles. The van der Waals surface area contributed by atoms with E-state index in [-0.39, 0.29) is 17.9 Å². The van der Waals surface area contributed by atoms with Gasteiger partial charge in [0.1, 0.15) is 12.7 Å². The molecule has 1 aliphatic rings. The Kier molecular flexibility index (Phi) is 10.6. The van der Waals surface area contributed by atoms with Crippen molar-refractivity contribution in [3.8, 4) is 5.75 Å². The number of aromatic nitrogens is 1. The van der Waals surface area contributed by atoms with Gasteiger partial charge in [-0.1, -0.05) is 34.6 Å². The first-order valence-corrected chi connectivity index (χ1v) is 12.5. The zero-order valence-electron chi connectivity index (χ0n) is 22.4. The highest BCUT2D eigenvalue weighted by Gasteiger charge is 2.41. The summed E-state index contributed by atoms with van der Waals surface area (Å²) in [4.78, 5) is 67.5. The van der Waals surface area contributed by atoms with Crippen LogP contribution in [-0.2, 0) is 33.4 Å². The van der Waals surface area contributed by atoms with E-state index in [0.29, 0.717) is 12.0 Å². The molecule has 11 heteroatoms. The Balaban J connectivity index is 2.29. The van der Waals surface area contributed by atoms with Gasteiger partial charge in [-0.15, -0.1) is 0 Å². The summed E-state index contributed by atoms with van der Waals surface area (Å²) in [6, 6.07) is 0.202. The molecule has 1 aromatic heterocycles. The topological polar surface area (TPSA) is 147 Å². The molecule has 1 amide bonds. The molecule has 0 bridgehead atoms. The number of hydrogen-bond donors (Lipinski definition) is 1. The van der Waals surface area contributed by atoms with Gasteiger partial charge < -0.3 is 24.3 Å². The number of aryl methyl sites for hydroxylation is 1. The fraction of sp³-hybridized carbons (Fsp3) is 0.615. The van der Waals surface area contributed by atoms with Crippen molar-refractivity contribution < 1.29 is 42.9 Å². The lowest BCUT2D eigenvalue weighted by Crippen LogP contribution is -2.47. The van der Waals surface area contributed by atoms with Crippen molar-refractivity contribution in [2.24, 2.45) is 17.8 Å². The lowest BCUT2D eigenvalue weighted by Gasteiger charge is -2.29. The van der Waals surface area contributed by atoms with Crippen LogP contribution in [0.5, 0.6) is 5.75 Å². The standard InChI is InChI=1S/C26H36N2O9/c1-8-14(5)24(31)36-20-15(6)10-11-27-19(20)22(29)28-18-12-34-25(32)17(9-2)21(16(7)35-26(18)33)37-23(30)13(3)4/h10-11,13-14,16-18,21H,8-9,12H2,1-7H3,(H,28,29). The van der Waals surface area contributed by atoms with E-state index < -0.39 is 72.4 Å². The molecule has 1 aromatic rings. The maximum atomic E-state index is 13.1. The molecule has 5 unspecified atom stereocenters. The lowest BCUT2D eigenvalue weighted by molar-refractivity contribution is -0.176. The number of rotatable bonds is 8. The van der Waals surface area contributed by atoms with Gasteiger partial charge in [0.15, 0.2) is 23.6 Å². The molecular weight excluding hydrogens is 484 g/mol. The fourth-order valence-corrected chi connectivity index (χ4v) is 3.51. The zero-order chi connectivity index (χ0) is 27.9. The summed E-state index contributed by atoms with van der Waals surface area (Å²) in [5.74, 6) is -5.23. The first-order chi connectivity index (χ1) is 17.4. The first kappa shape index (κ1) is 29.7. The van der Waals surface area contributed by atoms with Crippen molar-refractivity contribution in [3.63, 3.8) is 0 Å². The van der Waals surface area contributed by atoms with E-state index in [0.717, 1.165) is 0 Å². The number of pyridine rings is 1. The molecule has 0 aromatic carbocycles. The molecule has 1 saturated heterocycles. The van der Waals surface area contributed by atoms with Crippen molar-refractivity contribution in [3.05, 3.63) is 23.5 Å². The maximum Gasteiger partial charge on any atom is 0.332 e. The number of nitrogens with one attached hydrogen (secondary N) is 1. The SMILES string of the molecule is CCC(C)C(=O)Oc1c(C)ccnc1C(=O)NC1COC(=O)C(CC)C(OC(=O)C(C)C)C(C)OC1=O. The first-order valence-electron chi connectivity index (χ1n) is 12.5. The van der Waals surface area contributed by atoms with Crippen molar-refractivity contribution in [2.45, 2.75) is 79.6 Å². The van der Waals surface area contributed by atoms with Gasteiger partial charge in [-0.05, 0) is 38.3 Å². The van der Waals surface area contributed by atoms with Gasteiger partial charge in [-0.2, -0.15) is 0 Å². The second kappa shape index (κ2) is 13.2. The number of carbonyl (C=O) groups is 5. The van der Waals surface area contributed by atoms with E-state index in [1.54, 1.807) is 40.7 Å². The third kappa shape index (κ3) is 7.50. The van der Waals surface area contributed by atoms with Crippen LogP contribution in [0.3, 0.4) is 0 Å². The minimum absolute atomic E-state index is 0.0289. The van der Waals surface area contributed by atoms with Gasteiger partial charge in [0.05, 0.1) is 17.8 Å². The Bertz CT molecular complexity index is 1020. The molecule has 0 aliphatic carbocycles. The van der Waals surface area contributed by atoms with E-state index in [4.69, 9.17) is 18.9 Å². The minimum Gasteiger partial charge on any atom is -0.463 e. The predicted molar refractivity (Wildman–Crippen MR) is 130 cm³/mol. The molecule has 5 atom stereocenters. The van der Waals surface area contributed by atoms with Crippen LogP contribution in [0.15, 0.2) is 12.3 Å². The Labute approximate surface area is 216 Å².